The van der Waals surface area contributed by atoms with Crippen LogP contribution >= 0.6 is 0 Å². The highest BCUT2D eigenvalue weighted by atomic mass is 19.4. The van der Waals surface area contributed by atoms with Crippen molar-refractivity contribution in [1.29, 1.82) is 0 Å². The second-order valence-electron chi connectivity index (χ2n) is 3.63. The van der Waals surface area contributed by atoms with Crippen LogP contribution < -0.4 is 16.6 Å². The van der Waals surface area contributed by atoms with Crippen LogP contribution in [0.2, 0.25) is 0 Å². The van der Waals surface area contributed by atoms with Gasteiger partial charge in [0.2, 0.25) is 12.2 Å². The maximum Gasteiger partial charge on any atom is 0.451 e. The molecule has 11 heteroatoms. The Balaban J connectivity index is 2.06. The van der Waals surface area contributed by atoms with E-state index in [0.29, 0.717) is 12.2 Å². The second-order valence-corrected chi connectivity index (χ2v) is 3.63. The first-order valence-corrected chi connectivity index (χ1v) is 5.41. The van der Waals surface area contributed by atoms with Gasteiger partial charge < -0.3 is 15.3 Å². The lowest BCUT2D eigenvalue weighted by atomic mass is 10.4. The highest BCUT2D eigenvalue weighted by Crippen LogP contribution is 2.28. The number of anilines is 2. The van der Waals surface area contributed by atoms with Gasteiger partial charge in [0.15, 0.2) is 5.82 Å². The van der Waals surface area contributed by atoms with E-state index in [2.05, 4.69) is 35.4 Å². The Bertz CT molecular complexity index is 557. The molecule has 0 saturated carbocycles. The molecule has 0 aliphatic carbocycles. The normalized spacial score (nSPS) is 11.4. The molecular weight excluding hydrogens is 279 g/mol. The Hall–Kier alpha value is -2.43. The fourth-order valence-electron chi connectivity index (χ4n) is 1.34. The Morgan fingerprint density at radius 1 is 1.25 bits per heavy atom. The Labute approximate surface area is 110 Å². The summed E-state index contributed by atoms with van der Waals surface area (Å²) in [7, 11) is 0. The predicted molar refractivity (Wildman–Crippen MR) is 61.3 cm³/mol. The van der Waals surface area contributed by atoms with Crippen LogP contribution in [0.15, 0.2) is 17.0 Å². The third-order valence-corrected chi connectivity index (χ3v) is 2.19. The van der Waals surface area contributed by atoms with Gasteiger partial charge in [-0.2, -0.15) is 18.2 Å². The molecule has 2 aromatic rings. The van der Waals surface area contributed by atoms with E-state index in [-0.39, 0.29) is 18.2 Å². The number of aromatic nitrogens is 4. The standard InChI is InChI=1S/C9H10F3N7O/c10-9(11,12)8-16-6(3-7(17-8)18-13)14-2-1-5-15-4-20-19-5/h3-4H,1-2,13H2,(H2,14,16,17,18). The van der Waals surface area contributed by atoms with Crippen LogP contribution in [-0.4, -0.2) is 26.7 Å². The average Bonchev–Trinajstić information content (AvgIpc) is 2.90. The van der Waals surface area contributed by atoms with Crippen molar-refractivity contribution in [3.63, 3.8) is 0 Å². The first kappa shape index (κ1) is 14.0. The van der Waals surface area contributed by atoms with Crippen LogP contribution in [0.3, 0.4) is 0 Å². The summed E-state index contributed by atoms with van der Waals surface area (Å²) in [6.07, 6.45) is -3.12. The molecule has 20 heavy (non-hydrogen) atoms. The number of halogens is 3. The van der Waals surface area contributed by atoms with Crippen LogP contribution in [0.1, 0.15) is 11.6 Å². The molecule has 4 N–H and O–H groups in total. The summed E-state index contributed by atoms with van der Waals surface area (Å²) in [6.45, 7) is 0.276. The zero-order valence-corrected chi connectivity index (χ0v) is 9.98. The Kier molecular flexibility index (Phi) is 3.98. The summed E-state index contributed by atoms with van der Waals surface area (Å²) in [5.74, 6) is 4.06. The molecule has 0 atom stereocenters. The predicted octanol–water partition coefficient (Wildman–Crippen LogP) is 0.819. The van der Waals surface area contributed by atoms with Crippen molar-refractivity contribution in [3.05, 3.63) is 24.1 Å². The first-order chi connectivity index (χ1) is 9.49. The molecule has 0 amide bonds. The smallest absolute Gasteiger partial charge is 0.369 e. The number of nitrogens with two attached hydrogens (primary N) is 1. The van der Waals surface area contributed by atoms with Gasteiger partial charge in [0, 0.05) is 19.0 Å². The van der Waals surface area contributed by atoms with Gasteiger partial charge in [-0.1, -0.05) is 5.16 Å². The van der Waals surface area contributed by atoms with Crippen LogP contribution in [0.5, 0.6) is 0 Å². The number of alkyl halides is 3. The molecule has 0 bridgehead atoms. The van der Waals surface area contributed by atoms with Crippen LogP contribution in [0, 0.1) is 0 Å². The van der Waals surface area contributed by atoms with E-state index < -0.39 is 12.0 Å². The number of hydrogen-bond acceptors (Lipinski definition) is 8. The molecule has 0 saturated heterocycles. The van der Waals surface area contributed by atoms with Crippen molar-refractivity contribution >= 4 is 11.6 Å². The van der Waals surface area contributed by atoms with Crippen LogP contribution in [-0.2, 0) is 12.6 Å². The topological polar surface area (TPSA) is 115 Å². The third kappa shape index (κ3) is 3.54. The fourth-order valence-corrected chi connectivity index (χ4v) is 1.34. The molecule has 0 aliphatic heterocycles. The SMILES string of the molecule is NNc1cc(NCCc2ncon2)nc(C(F)(F)F)n1. The Morgan fingerprint density at radius 2 is 2.00 bits per heavy atom. The number of nitrogens with one attached hydrogen (secondary N) is 2. The highest BCUT2D eigenvalue weighted by molar-refractivity contribution is 5.47. The molecule has 0 aliphatic rings. The summed E-state index contributed by atoms with van der Waals surface area (Å²) in [6, 6.07) is 1.26. The summed E-state index contributed by atoms with van der Waals surface area (Å²) in [5, 5.41) is 6.27. The van der Waals surface area contributed by atoms with Crippen molar-refractivity contribution in [2.45, 2.75) is 12.6 Å². The second kappa shape index (κ2) is 5.69. The van der Waals surface area contributed by atoms with Gasteiger partial charge >= 0.3 is 6.18 Å². The quantitative estimate of drug-likeness (QED) is 0.547. The van der Waals surface area contributed by atoms with Gasteiger partial charge in [0.1, 0.15) is 11.6 Å². The summed E-state index contributed by atoms with van der Waals surface area (Å²) in [5.41, 5.74) is 2.05. The summed E-state index contributed by atoms with van der Waals surface area (Å²) < 4.78 is 42.3. The molecule has 0 radical (unpaired) electrons. The largest absolute Gasteiger partial charge is 0.451 e. The number of hydrazine groups is 1. The molecule has 2 heterocycles. The molecular formula is C9H10F3N7O. The first-order valence-electron chi connectivity index (χ1n) is 5.41. The lowest BCUT2D eigenvalue weighted by Gasteiger charge is -2.10. The molecule has 2 rings (SSSR count). The summed E-state index contributed by atoms with van der Waals surface area (Å²) in [4.78, 5) is 10.4. The average molecular weight is 289 g/mol. The summed E-state index contributed by atoms with van der Waals surface area (Å²) >= 11 is 0. The van der Waals surface area contributed by atoms with Crippen molar-refractivity contribution < 1.29 is 17.7 Å². The Morgan fingerprint density at radius 3 is 2.60 bits per heavy atom. The van der Waals surface area contributed by atoms with Gasteiger partial charge in [-0.25, -0.2) is 15.8 Å². The van der Waals surface area contributed by atoms with E-state index in [4.69, 9.17) is 5.84 Å². The van der Waals surface area contributed by atoms with Crippen molar-refractivity contribution in [3.8, 4) is 0 Å². The molecule has 0 aromatic carbocycles. The lowest BCUT2D eigenvalue weighted by molar-refractivity contribution is -0.144. The van der Waals surface area contributed by atoms with Crippen molar-refractivity contribution in [2.24, 2.45) is 5.84 Å². The van der Waals surface area contributed by atoms with Crippen LogP contribution in [0.4, 0.5) is 24.8 Å². The van der Waals surface area contributed by atoms with Crippen molar-refractivity contribution in [2.75, 3.05) is 17.3 Å². The number of nitrogens with zero attached hydrogens (tertiary/aromatic N) is 4. The molecule has 0 spiro atoms. The van der Waals surface area contributed by atoms with Gasteiger partial charge in [0.25, 0.3) is 0 Å². The molecule has 0 fully saturated rings. The minimum atomic E-state index is -4.66. The van der Waals surface area contributed by atoms with Crippen LogP contribution in [0.25, 0.3) is 0 Å². The van der Waals surface area contributed by atoms with E-state index in [9.17, 15) is 13.2 Å². The van der Waals surface area contributed by atoms with Gasteiger partial charge in [0.05, 0.1) is 0 Å². The molecule has 2 aromatic heterocycles. The number of nitrogen functional groups attached to an aromatic ring is 1. The molecule has 0 unspecified atom stereocenters. The zero-order chi connectivity index (χ0) is 14.6. The maximum absolute atomic E-state index is 12.6. The number of rotatable bonds is 5. The lowest BCUT2D eigenvalue weighted by Crippen LogP contribution is -2.18. The highest BCUT2D eigenvalue weighted by Gasteiger charge is 2.35. The van der Waals surface area contributed by atoms with E-state index in [1.807, 2.05) is 0 Å². The zero-order valence-electron chi connectivity index (χ0n) is 9.98. The third-order valence-electron chi connectivity index (χ3n) is 2.19. The fraction of sp³-hybridized carbons (Fsp3) is 0.333. The van der Waals surface area contributed by atoms with Gasteiger partial charge in [-0.15, -0.1) is 0 Å². The number of hydrogen-bond donors (Lipinski definition) is 3. The van der Waals surface area contributed by atoms with E-state index in [1.165, 1.54) is 6.07 Å². The minimum Gasteiger partial charge on any atom is -0.369 e. The van der Waals surface area contributed by atoms with Crippen molar-refractivity contribution in [1.82, 2.24) is 20.1 Å². The van der Waals surface area contributed by atoms with E-state index in [0.717, 1.165) is 6.39 Å². The van der Waals surface area contributed by atoms with Gasteiger partial charge in [-0.3, -0.25) is 0 Å². The minimum absolute atomic E-state index is 0.0104. The van der Waals surface area contributed by atoms with E-state index >= 15 is 0 Å². The van der Waals surface area contributed by atoms with E-state index in [1.54, 1.807) is 0 Å². The maximum atomic E-state index is 12.6. The monoisotopic (exact) mass is 289 g/mol. The molecule has 108 valence electrons. The molecule has 8 nitrogen and oxygen atoms in total. The van der Waals surface area contributed by atoms with Gasteiger partial charge in [-0.05, 0) is 0 Å².